The van der Waals surface area contributed by atoms with Crippen LogP contribution in [0.3, 0.4) is 0 Å². The van der Waals surface area contributed by atoms with Gasteiger partial charge in [0.1, 0.15) is 0 Å². The van der Waals surface area contributed by atoms with E-state index >= 15 is 0 Å². The average molecular weight is 568 g/mol. The smallest absolute Gasteiger partial charge is 0.264 e. The van der Waals surface area contributed by atoms with Crippen molar-refractivity contribution in [1.29, 1.82) is 0 Å². The van der Waals surface area contributed by atoms with Crippen molar-refractivity contribution in [2.24, 2.45) is 0 Å². The van der Waals surface area contributed by atoms with Gasteiger partial charge in [-0.25, -0.2) is 13.1 Å². The molecule has 220 valence electrons. The average Bonchev–Trinajstić information content (AvgIpc) is 2.95. The Morgan fingerprint density at radius 3 is 1.75 bits per heavy atom. The summed E-state index contributed by atoms with van der Waals surface area (Å²) in [6.45, 7) is 2.26. The number of nitrogens with one attached hydrogen (secondary N) is 1. The molecule has 3 aromatic rings. The predicted octanol–water partition coefficient (Wildman–Crippen LogP) is 8.57. The quantitative estimate of drug-likeness (QED) is 0.118. The number of nitrogen functional groups attached to an aromatic ring is 1. The summed E-state index contributed by atoms with van der Waals surface area (Å²) in [6, 6.07) is 17.9. The number of carbonyl (C=O) groups excluding carboxylic acids is 1. The fourth-order valence-corrected chi connectivity index (χ4v) is 5.59. The predicted molar refractivity (Wildman–Crippen MR) is 167 cm³/mol. The molecule has 1 heterocycles. The van der Waals surface area contributed by atoms with E-state index in [0.717, 1.165) is 24.8 Å². The lowest BCUT2D eigenvalue weighted by atomic mass is 10.0. The van der Waals surface area contributed by atoms with Crippen molar-refractivity contribution in [3.63, 3.8) is 0 Å². The van der Waals surface area contributed by atoms with Gasteiger partial charge in [-0.05, 0) is 42.8 Å². The summed E-state index contributed by atoms with van der Waals surface area (Å²) in [4.78, 5) is 16.2. The highest BCUT2D eigenvalue weighted by atomic mass is 32.2. The lowest BCUT2D eigenvalue weighted by molar-refractivity contribution is -0.119. The van der Waals surface area contributed by atoms with Gasteiger partial charge in [0, 0.05) is 23.7 Å². The second-order valence-electron chi connectivity index (χ2n) is 10.5. The third-order valence-electron chi connectivity index (χ3n) is 6.96. The number of nitrogens with zero attached hydrogens (tertiary/aromatic N) is 1. The highest BCUT2D eigenvalue weighted by Crippen LogP contribution is 2.15. The second-order valence-corrected chi connectivity index (χ2v) is 12.2. The molecule has 0 bridgehead atoms. The van der Waals surface area contributed by atoms with Crippen molar-refractivity contribution in [3.05, 3.63) is 66.9 Å². The Balaban J connectivity index is 0.000000460. The maximum atomic E-state index is 12.1. The number of sulfonamides is 1. The highest BCUT2D eigenvalue weighted by molar-refractivity contribution is 7.90. The topological polar surface area (TPSA) is 102 Å². The zero-order chi connectivity index (χ0) is 28.9. The van der Waals surface area contributed by atoms with Gasteiger partial charge in [0.15, 0.2) is 0 Å². The van der Waals surface area contributed by atoms with Crippen LogP contribution in [0.4, 0.5) is 5.69 Å². The number of unbranched alkanes of at least 4 members (excludes halogenated alkanes) is 14. The molecular weight excluding hydrogens is 518 g/mol. The molecule has 1 aromatic heterocycles. The van der Waals surface area contributed by atoms with Crippen LogP contribution >= 0.6 is 0 Å². The number of benzene rings is 2. The largest absolute Gasteiger partial charge is 0.399 e. The van der Waals surface area contributed by atoms with Gasteiger partial charge in [0.25, 0.3) is 10.0 Å². The van der Waals surface area contributed by atoms with Crippen LogP contribution in [0.1, 0.15) is 110 Å². The molecule has 0 aliphatic carbocycles. The van der Waals surface area contributed by atoms with Crippen molar-refractivity contribution < 1.29 is 13.2 Å². The zero-order valence-corrected chi connectivity index (χ0v) is 25.1. The molecule has 7 heteroatoms. The summed E-state index contributed by atoms with van der Waals surface area (Å²) >= 11 is 0. The molecule has 6 nitrogen and oxygen atoms in total. The lowest BCUT2D eigenvalue weighted by Gasteiger charge is -2.07. The van der Waals surface area contributed by atoms with Crippen molar-refractivity contribution in [1.82, 2.24) is 9.71 Å². The minimum atomic E-state index is -3.80. The molecule has 1 amide bonds. The number of carbonyl (C=O) groups is 1. The van der Waals surface area contributed by atoms with Crippen LogP contribution in [-0.4, -0.2) is 19.3 Å². The molecule has 0 aliphatic heterocycles. The zero-order valence-electron chi connectivity index (χ0n) is 24.3. The number of hydrogen-bond acceptors (Lipinski definition) is 5. The monoisotopic (exact) mass is 567 g/mol. The summed E-state index contributed by atoms with van der Waals surface area (Å²) in [5.41, 5.74) is 7.10. The molecule has 2 aromatic carbocycles. The summed E-state index contributed by atoms with van der Waals surface area (Å²) in [5, 5.41) is 1.20. The maximum absolute atomic E-state index is 12.1. The first-order valence-electron chi connectivity index (χ1n) is 15.1. The Hall–Kier alpha value is -2.93. The number of aromatic nitrogens is 1. The van der Waals surface area contributed by atoms with Crippen LogP contribution in [0.25, 0.3) is 10.9 Å². The molecule has 0 radical (unpaired) electrons. The summed E-state index contributed by atoms with van der Waals surface area (Å²) in [5.74, 6) is -0.443. The van der Waals surface area contributed by atoms with Crippen molar-refractivity contribution >= 4 is 32.5 Å². The van der Waals surface area contributed by atoms with E-state index in [2.05, 4.69) is 28.8 Å². The van der Waals surface area contributed by atoms with Crippen molar-refractivity contribution in [2.75, 3.05) is 5.73 Å². The number of hydrogen-bond donors (Lipinski definition) is 2. The molecule has 0 fully saturated rings. The number of rotatable bonds is 18. The Morgan fingerprint density at radius 2 is 1.20 bits per heavy atom. The first-order valence-corrected chi connectivity index (χ1v) is 16.6. The van der Waals surface area contributed by atoms with Gasteiger partial charge in [0.2, 0.25) is 5.91 Å². The normalized spacial score (nSPS) is 11.1. The van der Waals surface area contributed by atoms with Crippen molar-refractivity contribution in [3.8, 4) is 0 Å². The van der Waals surface area contributed by atoms with Gasteiger partial charge in [0.05, 0.1) is 10.4 Å². The summed E-state index contributed by atoms with van der Waals surface area (Å²) in [7, 11) is -3.80. The second kappa shape index (κ2) is 20.0. The molecule has 0 saturated carbocycles. The van der Waals surface area contributed by atoms with Gasteiger partial charge >= 0.3 is 0 Å². The third kappa shape index (κ3) is 14.5. The molecule has 0 aliphatic rings. The van der Waals surface area contributed by atoms with Gasteiger partial charge in [-0.2, -0.15) is 0 Å². The van der Waals surface area contributed by atoms with E-state index in [4.69, 9.17) is 5.73 Å². The van der Waals surface area contributed by atoms with E-state index in [1.807, 2.05) is 30.5 Å². The maximum Gasteiger partial charge on any atom is 0.264 e. The van der Waals surface area contributed by atoms with Crippen molar-refractivity contribution in [2.45, 2.75) is 115 Å². The Morgan fingerprint density at radius 1 is 0.700 bits per heavy atom. The fourth-order valence-electron chi connectivity index (χ4n) is 4.58. The molecule has 3 rings (SSSR count). The lowest BCUT2D eigenvalue weighted by Crippen LogP contribution is -2.30. The first kappa shape index (κ1) is 33.3. The number of anilines is 1. The minimum absolute atomic E-state index is 0.0570. The van der Waals surface area contributed by atoms with Crippen LogP contribution in [-0.2, 0) is 14.8 Å². The van der Waals surface area contributed by atoms with Gasteiger partial charge in [-0.15, -0.1) is 0 Å². The van der Waals surface area contributed by atoms with Gasteiger partial charge in [-0.3, -0.25) is 9.78 Å². The molecule has 0 unspecified atom stereocenters. The molecule has 0 atom stereocenters. The number of pyridine rings is 1. The highest BCUT2D eigenvalue weighted by Gasteiger charge is 2.16. The summed E-state index contributed by atoms with van der Waals surface area (Å²) in [6.07, 6.45) is 21.0. The van der Waals surface area contributed by atoms with Crippen LogP contribution in [0, 0.1) is 0 Å². The molecule has 0 saturated heterocycles. The SMILES string of the molecule is CCCCCCCCCCCCCCCCCC(=O)NS(=O)(=O)c1ccc(N)cc1.c1ccc2ncccc2c1. The fraction of sp³-hybridized carbons (Fsp3) is 0.515. The van der Waals surface area contributed by atoms with Crippen LogP contribution in [0.15, 0.2) is 71.8 Å². The van der Waals surface area contributed by atoms with Crippen LogP contribution in [0.2, 0.25) is 0 Å². The van der Waals surface area contributed by atoms with Crippen LogP contribution < -0.4 is 10.5 Å². The Bertz CT molecular complexity index is 1130. The third-order valence-corrected chi connectivity index (χ3v) is 8.35. The number of para-hydroxylation sites is 1. The number of amides is 1. The van der Waals surface area contributed by atoms with E-state index in [-0.39, 0.29) is 11.3 Å². The number of nitrogens with two attached hydrogens (primary N) is 1. The van der Waals surface area contributed by atoms with E-state index in [0.29, 0.717) is 5.69 Å². The van der Waals surface area contributed by atoms with E-state index in [9.17, 15) is 13.2 Å². The van der Waals surface area contributed by atoms with E-state index in [1.165, 1.54) is 107 Å². The van der Waals surface area contributed by atoms with Crippen LogP contribution in [0.5, 0.6) is 0 Å². The molecule has 0 spiro atoms. The Labute approximate surface area is 242 Å². The minimum Gasteiger partial charge on any atom is -0.399 e. The Kier molecular flexibility index (Phi) is 16.7. The molecule has 3 N–H and O–H groups in total. The van der Waals surface area contributed by atoms with E-state index in [1.54, 1.807) is 0 Å². The molecular formula is C33H49N3O3S. The van der Waals surface area contributed by atoms with Gasteiger partial charge < -0.3 is 5.73 Å². The number of fused-ring (bicyclic) bond motifs is 1. The molecule has 40 heavy (non-hydrogen) atoms. The van der Waals surface area contributed by atoms with E-state index < -0.39 is 15.9 Å². The summed E-state index contributed by atoms with van der Waals surface area (Å²) < 4.78 is 26.4. The first-order chi connectivity index (χ1) is 19.4. The van der Waals surface area contributed by atoms with Gasteiger partial charge in [-0.1, -0.05) is 121 Å². The standard InChI is InChI=1S/C24H42N2O3S.C9H7N/c1-2-3-4-5-6-7-8-9-10-11-12-13-14-15-16-17-24(27)26-30(28,29)23-20-18-22(25)19-21-23;1-2-6-9-8(4-1)5-3-7-10-9/h18-21H,2-17,25H2,1H3,(H,26,27);1-7H.